The maximum absolute atomic E-state index is 13.0. The Hall–Kier alpha value is -0.900. The van der Waals surface area contributed by atoms with Crippen molar-refractivity contribution >= 4 is 21.8 Å². The van der Waals surface area contributed by atoms with Crippen molar-refractivity contribution in [2.45, 2.75) is 6.85 Å². The van der Waals surface area contributed by atoms with E-state index < -0.39 is 25.1 Å². The lowest BCUT2D eigenvalue weighted by Crippen LogP contribution is -2.23. The molecule has 13 heavy (non-hydrogen) atoms. The molecule has 0 fully saturated rings. The van der Waals surface area contributed by atoms with E-state index in [4.69, 9.17) is 6.85 Å². The van der Waals surface area contributed by atoms with E-state index in [1.807, 2.05) is 0 Å². The average Bonchev–Trinajstić information content (AvgIpc) is 2.19. The van der Waals surface area contributed by atoms with Crippen LogP contribution in [0.5, 0.6) is 0 Å². The molecule has 0 spiro atoms. The molecule has 2 nitrogen and oxygen atoms in total. The highest BCUT2D eigenvalue weighted by Gasteiger charge is 2.09. The largest absolute Gasteiger partial charge is 0.352 e. The summed E-state index contributed by atoms with van der Waals surface area (Å²) in [6.07, 6.45) is 0. The molecule has 0 aromatic heterocycles. The second-order valence-corrected chi connectivity index (χ2v) is 3.06. The molecule has 1 N–H and O–H groups in total. The number of rotatable bonds is 2. The lowest BCUT2D eigenvalue weighted by Gasteiger charge is -2.03. The Kier molecular flexibility index (Phi) is 1.71. The van der Waals surface area contributed by atoms with Crippen molar-refractivity contribution in [1.82, 2.24) is 5.32 Å². The van der Waals surface area contributed by atoms with Crippen LogP contribution in [0.15, 0.2) is 22.7 Å². The molecule has 0 atom stereocenters. The first-order chi connectivity index (χ1) is 8.04. The number of carbonyl (C=O) groups is 1. The Bertz CT molecular complexity index is 477. The smallest absolute Gasteiger partial charge is 0.252 e. The van der Waals surface area contributed by atoms with Crippen LogP contribution in [0.3, 0.4) is 0 Å². The van der Waals surface area contributed by atoms with E-state index in [1.54, 1.807) is 5.32 Å². The number of amides is 1. The van der Waals surface area contributed by atoms with Gasteiger partial charge in [0.2, 0.25) is 0 Å². The molecular weight excluding hydrogens is 237 g/mol. The fourth-order valence-electron chi connectivity index (χ4n) is 0.796. The first-order valence-corrected chi connectivity index (χ1v) is 4.11. The topological polar surface area (TPSA) is 29.1 Å². The highest BCUT2D eigenvalue weighted by Crippen LogP contribution is 2.17. The van der Waals surface area contributed by atoms with Crippen LogP contribution < -0.4 is 5.32 Å². The number of benzene rings is 1. The lowest BCUT2D eigenvalue weighted by atomic mass is 10.2. The predicted octanol–water partition coefficient (Wildman–Crippen LogP) is 2.34. The van der Waals surface area contributed by atoms with Crippen molar-refractivity contribution in [2.24, 2.45) is 0 Å². The van der Waals surface area contributed by atoms with E-state index in [1.165, 1.54) is 6.07 Å². The minimum Gasteiger partial charge on any atom is -0.352 e. The normalized spacial score (nSPS) is 17.5. The zero-order chi connectivity index (χ0) is 14.1. The lowest BCUT2D eigenvalue weighted by molar-refractivity contribution is 0.0954. The average molecular weight is 251 g/mol. The summed E-state index contributed by atoms with van der Waals surface area (Å²) in [7, 11) is 0. The minimum absolute atomic E-state index is 0.178. The van der Waals surface area contributed by atoms with E-state index >= 15 is 0 Å². The molecule has 0 saturated carbocycles. The first-order valence-electron chi connectivity index (χ1n) is 5.82. The molecule has 1 aromatic carbocycles. The van der Waals surface area contributed by atoms with Gasteiger partial charge < -0.3 is 5.32 Å². The molecule has 70 valence electrons. The Morgan fingerprint density at radius 3 is 3.31 bits per heavy atom. The van der Waals surface area contributed by atoms with E-state index in [0.29, 0.717) is 0 Å². The van der Waals surface area contributed by atoms with Crippen molar-refractivity contribution < 1.29 is 16.0 Å². The van der Waals surface area contributed by atoms with Crippen LogP contribution in [-0.2, 0) is 0 Å². The van der Waals surface area contributed by atoms with E-state index in [9.17, 15) is 9.18 Å². The third-order valence-electron chi connectivity index (χ3n) is 1.35. The number of hydrogen-bond acceptors (Lipinski definition) is 1. The molecule has 0 heterocycles. The van der Waals surface area contributed by atoms with Crippen LogP contribution in [0.2, 0.25) is 0 Å². The van der Waals surface area contributed by atoms with Gasteiger partial charge in [-0.25, -0.2) is 4.39 Å². The van der Waals surface area contributed by atoms with Gasteiger partial charge in [0, 0.05) is 17.8 Å². The van der Waals surface area contributed by atoms with Gasteiger partial charge in [0.15, 0.2) is 0 Å². The zero-order valence-corrected chi connectivity index (χ0v) is 7.98. The monoisotopic (exact) mass is 250 g/mol. The molecule has 0 radical (unpaired) electrons. The summed E-state index contributed by atoms with van der Waals surface area (Å²) < 4.78 is 48.5. The Labute approximate surface area is 91.3 Å². The molecule has 1 amide bonds. The van der Waals surface area contributed by atoms with Crippen molar-refractivity contribution in [3.05, 3.63) is 34.1 Å². The molecule has 4 heteroatoms. The summed E-state index contributed by atoms with van der Waals surface area (Å²) in [5, 5.41) is 1.72. The van der Waals surface area contributed by atoms with Gasteiger partial charge in [-0.2, -0.15) is 0 Å². The third kappa shape index (κ3) is 2.52. The van der Waals surface area contributed by atoms with Gasteiger partial charge in [-0.1, -0.05) is 0 Å². The van der Waals surface area contributed by atoms with Gasteiger partial charge >= 0.3 is 0 Å². The second kappa shape index (κ2) is 4.37. The summed E-state index contributed by atoms with van der Waals surface area (Å²) in [5.74, 6) is -1.69. The quantitative estimate of drug-likeness (QED) is 0.858. The molecular formula is C9H9BrFNO. The van der Waals surface area contributed by atoms with Crippen molar-refractivity contribution in [3.63, 3.8) is 0 Å². The maximum atomic E-state index is 13.0. The number of halogens is 2. The second-order valence-electron chi connectivity index (χ2n) is 2.20. The molecule has 0 unspecified atom stereocenters. The summed E-state index contributed by atoms with van der Waals surface area (Å²) in [5.41, 5.74) is -0.178. The van der Waals surface area contributed by atoms with E-state index in [-0.39, 0.29) is 10.0 Å². The van der Waals surface area contributed by atoms with E-state index in [0.717, 1.165) is 12.1 Å². The third-order valence-corrected chi connectivity index (χ3v) is 2.04. The molecule has 0 aliphatic carbocycles. The van der Waals surface area contributed by atoms with Crippen LogP contribution >= 0.6 is 15.9 Å². The van der Waals surface area contributed by atoms with Crippen LogP contribution in [0.1, 0.15) is 24.1 Å². The van der Waals surface area contributed by atoms with E-state index in [2.05, 4.69) is 15.9 Å². The Morgan fingerprint density at radius 1 is 1.85 bits per heavy atom. The predicted molar refractivity (Wildman–Crippen MR) is 52.1 cm³/mol. The van der Waals surface area contributed by atoms with Crippen molar-refractivity contribution in [2.75, 3.05) is 6.50 Å². The van der Waals surface area contributed by atoms with Gasteiger partial charge in [0.1, 0.15) is 5.82 Å². The van der Waals surface area contributed by atoms with Gasteiger partial charge in [-0.05, 0) is 41.0 Å². The fraction of sp³-hybridized carbons (Fsp3) is 0.222. The summed E-state index contributed by atoms with van der Waals surface area (Å²) in [4.78, 5) is 11.7. The summed E-state index contributed by atoms with van der Waals surface area (Å²) >= 11 is 3.00. The highest BCUT2D eigenvalue weighted by molar-refractivity contribution is 9.10. The molecule has 0 bridgehead atoms. The highest BCUT2D eigenvalue weighted by atomic mass is 79.9. The molecule has 0 saturated heterocycles. The van der Waals surface area contributed by atoms with Crippen LogP contribution in [0.4, 0.5) is 4.39 Å². The van der Waals surface area contributed by atoms with Crippen LogP contribution in [0, 0.1) is 5.82 Å². The van der Waals surface area contributed by atoms with Crippen LogP contribution in [0.25, 0.3) is 0 Å². The van der Waals surface area contributed by atoms with Gasteiger partial charge in [0.05, 0.1) is 5.56 Å². The van der Waals surface area contributed by atoms with Gasteiger partial charge in [0.25, 0.3) is 5.91 Å². The standard InChI is InChI=1S/C9H9BrFNO/c1-2-12-9(13)7-5-6(11)3-4-8(7)10/h3-5H,2H2,1H3,(H,12,13)/i1D3,2D2. The number of hydrogen-bond donors (Lipinski definition) is 1. The fourth-order valence-corrected chi connectivity index (χ4v) is 1.22. The summed E-state index contributed by atoms with van der Waals surface area (Å²) in [6, 6.07) is 3.27. The Balaban J connectivity index is 3.00. The minimum atomic E-state index is -3.01. The number of nitrogens with one attached hydrogen (secondary N) is 1. The van der Waals surface area contributed by atoms with Crippen molar-refractivity contribution in [3.8, 4) is 0 Å². The molecule has 1 rings (SSSR count). The molecule has 0 aliphatic heterocycles. The van der Waals surface area contributed by atoms with Crippen LogP contribution in [-0.4, -0.2) is 12.4 Å². The number of carbonyl (C=O) groups excluding carboxylic acids is 1. The zero-order valence-electron chi connectivity index (χ0n) is 11.4. The first kappa shape index (κ1) is 5.10. The van der Waals surface area contributed by atoms with Gasteiger partial charge in [-0.3, -0.25) is 4.79 Å². The summed E-state index contributed by atoms with van der Waals surface area (Å²) in [6.45, 7) is -5.90. The molecule has 0 aliphatic rings. The maximum Gasteiger partial charge on any atom is 0.252 e. The van der Waals surface area contributed by atoms with Gasteiger partial charge in [-0.15, -0.1) is 0 Å². The molecule has 1 aromatic rings. The SMILES string of the molecule is [2H]C([2H])([2H])C([2H])([2H])NC(=O)c1cc(F)ccc1Br. The Morgan fingerprint density at radius 2 is 2.62 bits per heavy atom. The van der Waals surface area contributed by atoms with Crippen molar-refractivity contribution in [1.29, 1.82) is 0 Å².